The van der Waals surface area contributed by atoms with E-state index in [2.05, 4.69) is 20.6 Å². The molecule has 1 aliphatic rings. The Morgan fingerprint density at radius 1 is 1.64 bits per heavy atom. The van der Waals surface area contributed by atoms with Gasteiger partial charge in [-0.2, -0.15) is 10.2 Å². The number of H-pyrrole nitrogens is 1. The molecule has 2 N–H and O–H groups in total. The number of ether oxygens (including phenoxy) is 2. The summed E-state index contributed by atoms with van der Waals surface area (Å²) in [5.41, 5.74) is 1.23. The lowest BCUT2D eigenvalue weighted by Gasteiger charge is -2.04. The maximum Gasteiger partial charge on any atom is 0.277 e. The minimum atomic E-state index is -0.290. The molecule has 8 nitrogen and oxygen atoms in total. The van der Waals surface area contributed by atoms with Crippen LogP contribution in [0.4, 0.5) is 5.82 Å². The first-order valence-corrected chi connectivity index (χ1v) is 7.27. The molecule has 1 atom stereocenters. The van der Waals surface area contributed by atoms with E-state index in [4.69, 9.17) is 9.47 Å². The van der Waals surface area contributed by atoms with Crippen molar-refractivity contribution in [3.63, 3.8) is 0 Å². The molecule has 1 fully saturated rings. The molecule has 8 heteroatoms. The number of aromatic nitrogens is 4. The van der Waals surface area contributed by atoms with Crippen LogP contribution in [-0.2, 0) is 16.0 Å². The lowest BCUT2D eigenvalue weighted by molar-refractivity contribution is 0.102. The molecular weight excluding hydrogens is 286 g/mol. The summed E-state index contributed by atoms with van der Waals surface area (Å²) in [6, 6.07) is 3.47. The van der Waals surface area contributed by atoms with Gasteiger partial charge in [-0.15, -0.1) is 0 Å². The van der Waals surface area contributed by atoms with Gasteiger partial charge in [0.15, 0.2) is 11.5 Å². The van der Waals surface area contributed by atoms with Gasteiger partial charge in [0.1, 0.15) is 0 Å². The Kier molecular flexibility index (Phi) is 4.50. The number of carbonyl (C=O) groups excluding carboxylic acids is 1. The van der Waals surface area contributed by atoms with Crippen molar-refractivity contribution in [2.75, 3.05) is 25.6 Å². The topological polar surface area (TPSA) is 94.1 Å². The fourth-order valence-electron chi connectivity index (χ4n) is 2.36. The standard InChI is InChI=1S/C14H19N5O3/c1-21-8-6-19-5-4-10(18-19)14(20)15-13-9-11(16-17-13)12-3-2-7-22-12/h4-5,9,12H,2-3,6-8H2,1H3,(H2,15,16,17,20). The summed E-state index contributed by atoms with van der Waals surface area (Å²) in [7, 11) is 1.63. The van der Waals surface area contributed by atoms with Gasteiger partial charge in [0, 0.05) is 26.0 Å². The van der Waals surface area contributed by atoms with E-state index in [9.17, 15) is 4.79 Å². The van der Waals surface area contributed by atoms with E-state index >= 15 is 0 Å². The zero-order valence-corrected chi connectivity index (χ0v) is 12.4. The third kappa shape index (κ3) is 3.34. The van der Waals surface area contributed by atoms with Gasteiger partial charge in [0.2, 0.25) is 0 Å². The fourth-order valence-corrected chi connectivity index (χ4v) is 2.36. The van der Waals surface area contributed by atoms with E-state index in [1.807, 2.05) is 0 Å². The Labute approximate surface area is 127 Å². The monoisotopic (exact) mass is 305 g/mol. The molecule has 22 heavy (non-hydrogen) atoms. The minimum absolute atomic E-state index is 0.0476. The quantitative estimate of drug-likeness (QED) is 0.840. The van der Waals surface area contributed by atoms with Crippen LogP contribution in [0.25, 0.3) is 0 Å². The van der Waals surface area contributed by atoms with Gasteiger partial charge in [0.05, 0.1) is 24.9 Å². The summed E-state index contributed by atoms with van der Waals surface area (Å²) in [5, 5.41) is 13.9. The van der Waals surface area contributed by atoms with Gasteiger partial charge in [0.25, 0.3) is 5.91 Å². The van der Waals surface area contributed by atoms with Gasteiger partial charge in [-0.05, 0) is 18.9 Å². The third-order valence-corrected chi connectivity index (χ3v) is 3.51. The zero-order chi connectivity index (χ0) is 15.4. The molecule has 0 aromatic carbocycles. The summed E-state index contributed by atoms with van der Waals surface area (Å²) in [6.07, 6.45) is 3.81. The van der Waals surface area contributed by atoms with Gasteiger partial charge in [-0.1, -0.05) is 0 Å². The van der Waals surface area contributed by atoms with Crippen molar-refractivity contribution < 1.29 is 14.3 Å². The van der Waals surface area contributed by atoms with Crippen molar-refractivity contribution in [2.45, 2.75) is 25.5 Å². The Hall–Kier alpha value is -2.19. The molecule has 0 radical (unpaired) electrons. The summed E-state index contributed by atoms with van der Waals surface area (Å²) < 4.78 is 12.2. The van der Waals surface area contributed by atoms with Crippen LogP contribution in [-0.4, -0.2) is 46.2 Å². The molecule has 1 aliphatic heterocycles. The molecule has 1 unspecified atom stereocenters. The van der Waals surface area contributed by atoms with Gasteiger partial charge in [-0.25, -0.2) is 0 Å². The van der Waals surface area contributed by atoms with E-state index in [1.54, 1.807) is 30.1 Å². The normalized spacial score (nSPS) is 17.8. The Bertz CT molecular complexity index is 630. The van der Waals surface area contributed by atoms with Crippen LogP contribution in [0.1, 0.15) is 35.1 Å². The molecule has 0 aliphatic carbocycles. The number of methoxy groups -OCH3 is 1. The number of hydrogen-bond acceptors (Lipinski definition) is 5. The van der Waals surface area contributed by atoms with Crippen molar-refractivity contribution in [1.29, 1.82) is 0 Å². The average molecular weight is 305 g/mol. The molecule has 3 rings (SSSR count). The lowest BCUT2D eigenvalue weighted by atomic mass is 10.2. The van der Waals surface area contributed by atoms with Crippen LogP contribution in [0.2, 0.25) is 0 Å². The van der Waals surface area contributed by atoms with E-state index in [-0.39, 0.29) is 12.0 Å². The minimum Gasteiger partial charge on any atom is -0.383 e. The first kappa shape index (κ1) is 14.7. The Morgan fingerprint density at radius 2 is 2.55 bits per heavy atom. The molecule has 0 bridgehead atoms. The van der Waals surface area contributed by atoms with Crippen molar-refractivity contribution in [3.05, 3.63) is 29.7 Å². The third-order valence-electron chi connectivity index (χ3n) is 3.51. The maximum atomic E-state index is 12.1. The van der Waals surface area contributed by atoms with Gasteiger partial charge in [-0.3, -0.25) is 14.6 Å². The predicted octanol–water partition coefficient (Wildman–Crippen LogP) is 1.36. The number of nitrogens with one attached hydrogen (secondary N) is 2. The average Bonchev–Trinajstić information content (AvgIpc) is 3.25. The first-order valence-electron chi connectivity index (χ1n) is 7.27. The van der Waals surface area contributed by atoms with Gasteiger partial charge < -0.3 is 14.8 Å². The number of carbonyl (C=O) groups is 1. The Morgan fingerprint density at radius 3 is 3.32 bits per heavy atom. The molecular formula is C14H19N5O3. The lowest BCUT2D eigenvalue weighted by Crippen LogP contribution is -2.14. The number of hydrogen-bond donors (Lipinski definition) is 2. The Balaban J connectivity index is 1.60. The van der Waals surface area contributed by atoms with Crippen LogP contribution >= 0.6 is 0 Å². The van der Waals surface area contributed by atoms with Crippen LogP contribution in [0.3, 0.4) is 0 Å². The largest absolute Gasteiger partial charge is 0.383 e. The molecule has 2 aromatic rings. The van der Waals surface area contributed by atoms with E-state index in [0.717, 1.165) is 25.1 Å². The second-order valence-corrected chi connectivity index (χ2v) is 5.12. The molecule has 0 saturated carbocycles. The fraction of sp³-hybridized carbons (Fsp3) is 0.500. The number of anilines is 1. The maximum absolute atomic E-state index is 12.1. The van der Waals surface area contributed by atoms with Crippen molar-refractivity contribution >= 4 is 11.7 Å². The van der Waals surface area contributed by atoms with Crippen LogP contribution < -0.4 is 5.32 Å². The molecule has 1 amide bonds. The summed E-state index contributed by atoms with van der Waals surface area (Å²) in [6.45, 7) is 1.92. The number of aromatic amines is 1. The van der Waals surface area contributed by atoms with Crippen molar-refractivity contribution in [1.82, 2.24) is 20.0 Å². The van der Waals surface area contributed by atoms with Crippen LogP contribution in [0.15, 0.2) is 18.3 Å². The highest BCUT2D eigenvalue weighted by atomic mass is 16.5. The zero-order valence-electron chi connectivity index (χ0n) is 12.4. The molecule has 3 heterocycles. The smallest absolute Gasteiger partial charge is 0.277 e. The summed E-state index contributed by atoms with van der Waals surface area (Å²) in [4.78, 5) is 12.1. The molecule has 1 saturated heterocycles. The van der Waals surface area contributed by atoms with Crippen molar-refractivity contribution in [3.8, 4) is 0 Å². The van der Waals surface area contributed by atoms with E-state index in [1.165, 1.54) is 0 Å². The van der Waals surface area contributed by atoms with Crippen LogP contribution in [0, 0.1) is 0 Å². The van der Waals surface area contributed by atoms with E-state index in [0.29, 0.717) is 24.7 Å². The second kappa shape index (κ2) is 6.71. The highest BCUT2D eigenvalue weighted by molar-refractivity contribution is 6.02. The van der Waals surface area contributed by atoms with Gasteiger partial charge >= 0.3 is 0 Å². The number of nitrogens with zero attached hydrogens (tertiary/aromatic N) is 3. The number of amides is 1. The number of rotatable bonds is 6. The SMILES string of the molecule is COCCn1ccc(C(=O)Nc2cc(C3CCCO3)[nH]n2)n1. The summed E-state index contributed by atoms with van der Waals surface area (Å²) >= 11 is 0. The molecule has 0 spiro atoms. The second-order valence-electron chi connectivity index (χ2n) is 5.12. The highest BCUT2D eigenvalue weighted by Crippen LogP contribution is 2.28. The molecule has 2 aromatic heterocycles. The van der Waals surface area contributed by atoms with Crippen molar-refractivity contribution in [2.24, 2.45) is 0 Å². The van der Waals surface area contributed by atoms with E-state index < -0.39 is 0 Å². The molecule has 118 valence electrons. The first-order chi connectivity index (χ1) is 10.8. The summed E-state index contributed by atoms with van der Waals surface area (Å²) in [5.74, 6) is 0.184. The van der Waals surface area contributed by atoms with Crippen LogP contribution in [0.5, 0.6) is 0 Å². The highest BCUT2D eigenvalue weighted by Gasteiger charge is 2.20. The predicted molar refractivity (Wildman–Crippen MR) is 78.6 cm³/mol.